The number of hydrogen-bond acceptors (Lipinski definition) is 2. The molecule has 4 heteroatoms. The Labute approximate surface area is 97.4 Å². The van der Waals surface area contributed by atoms with Gasteiger partial charge in [-0.1, -0.05) is 27.7 Å². The van der Waals surface area contributed by atoms with Gasteiger partial charge in [-0.25, -0.2) is 0 Å². The van der Waals surface area contributed by atoms with Gasteiger partial charge in [-0.15, -0.1) is 0 Å². The van der Waals surface area contributed by atoms with Crippen LogP contribution in [-0.4, -0.2) is 35.8 Å². The molecule has 2 atom stereocenters. The van der Waals surface area contributed by atoms with Crippen LogP contribution in [0.15, 0.2) is 0 Å². The summed E-state index contributed by atoms with van der Waals surface area (Å²) in [7, 11) is 0. The Bertz CT molecular complexity index is 294. The molecule has 1 heterocycles. The van der Waals surface area contributed by atoms with Crippen LogP contribution in [0.2, 0.25) is 0 Å². The van der Waals surface area contributed by atoms with Crippen molar-refractivity contribution in [3.8, 4) is 0 Å². The molecular formula is C12H22N2O2. The Morgan fingerprint density at radius 3 is 2.50 bits per heavy atom. The van der Waals surface area contributed by atoms with E-state index >= 15 is 0 Å². The van der Waals surface area contributed by atoms with E-state index in [1.165, 1.54) is 0 Å². The van der Waals surface area contributed by atoms with Crippen molar-refractivity contribution in [2.45, 2.75) is 40.7 Å². The molecule has 1 rings (SSSR count). The summed E-state index contributed by atoms with van der Waals surface area (Å²) < 4.78 is 0. The highest BCUT2D eigenvalue weighted by Gasteiger charge is 2.32. The maximum atomic E-state index is 11.8. The lowest BCUT2D eigenvalue weighted by molar-refractivity contribution is -0.144. The number of amides is 2. The maximum absolute atomic E-state index is 11.8. The highest BCUT2D eigenvalue weighted by atomic mass is 16.2. The SMILES string of the molecule is CC1NC(=O)CN(CC(C)C(C)(C)C)C1=O. The van der Waals surface area contributed by atoms with Crippen molar-refractivity contribution >= 4 is 11.8 Å². The molecule has 0 aromatic rings. The highest BCUT2D eigenvalue weighted by Crippen LogP contribution is 2.26. The van der Waals surface area contributed by atoms with Crippen LogP contribution in [0, 0.1) is 11.3 Å². The second-order valence-electron chi connectivity index (χ2n) is 5.78. The normalized spacial score (nSPS) is 24.3. The Balaban J connectivity index is 2.66. The quantitative estimate of drug-likeness (QED) is 0.764. The van der Waals surface area contributed by atoms with Crippen molar-refractivity contribution in [2.75, 3.05) is 13.1 Å². The average Bonchev–Trinajstić information content (AvgIpc) is 2.11. The molecule has 0 bridgehead atoms. The smallest absolute Gasteiger partial charge is 0.245 e. The summed E-state index contributed by atoms with van der Waals surface area (Å²) in [6.45, 7) is 11.1. The summed E-state index contributed by atoms with van der Waals surface area (Å²) in [5.41, 5.74) is 0.150. The summed E-state index contributed by atoms with van der Waals surface area (Å²) >= 11 is 0. The number of carbonyl (C=O) groups is 2. The number of hydrogen-bond donors (Lipinski definition) is 1. The lowest BCUT2D eigenvalue weighted by Gasteiger charge is -2.36. The fourth-order valence-corrected chi connectivity index (χ4v) is 1.63. The molecule has 0 aliphatic carbocycles. The van der Waals surface area contributed by atoms with E-state index in [9.17, 15) is 9.59 Å². The van der Waals surface area contributed by atoms with E-state index in [4.69, 9.17) is 0 Å². The van der Waals surface area contributed by atoms with Crippen molar-refractivity contribution in [3.05, 3.63) is 0 Å². The molecule has 92 valence electrons. The van der Waals surface area contributed by atoms with Crippen molar-refractivity contribution in [3.63, 3.8) is 0 Å². The monoisotopic (exact) mass is 226 g/mol. The molecule has 1 saturated heterocycles. The Morgan fingerprint density at radius 2 is 2.00 bits per heavy atom. The third kappa shape index (κ3) is 2.97. The van der Waals surface area contributed by atoms with E-state index < -0.39 is 0 Å². The van der Waals surface area contributed by atoms with E-state index in [1.54, 1.807) is 11.8 Å². The second kappa shape index (κ2) is 4.44. The first kappa shape index (κ1) is 13.0. The van der Waals surface area contributed by atoms with Crippen LogP contribution in [0.25, 0.3) is 0 Å². The zero-order valence-corrected chi connectivity index (χ0v) is 10.8. The van der Waals surface area contributed by atoms with E-state index in [0.29, 0.717) is 12.5 Å². The molecule has 1 N–H and O–H groups in total. The van der Waals surface area contributed by atoms with Gasteiger partial charge in [0.25, 0.3) is 0 Å². The Morgan fingerprint density at radius 1 is 1.44 bits per heavy atom. The van der Waals surface area contributed by atoms with Gasteiger partial charge in [0.15, 0.2) is 0 Å². The van der Waals surface area contributed by atoms with Gasteiger partial charge in [-0.3, -0.25) is 9.59 Å². The van der Waals surface area contributed by atoms with Crippen molar-refractivity contribution in [1.82, 2.24) is 10.2 Å². The van der Waals surface area contributed by atoms with Crippen molar-refractivity contribution in [2.24, 2.45) is 11.3 Å². The van der Waals surface area contributed by atoms with Crippen LogP contribution < -0.4 is 5.32 Å². The third-order valence-electron chi connectivity index (χ3n) is 3.37. The molecule has 16 heavy (non-hydrogen) atoms. The van der Waals surface area contributed by atoms with Crippen LogP contribution in [-0.2, 0) is 9.59 Å². The first-order chi connectivity index (χ1) is 7.21. The standard InChI is InChI=1S/C12H22N2O2/c1-8(12(3,4)5)6-14-7-10(15)13-9(2)11(14)16/h8-9H,6-7H2,1-5H3,(H,13,15). The van der Waals surface area contributed by atoms with Gasteiger partial charge in [-0.05, 0) is 18.3 Å². The molecule has 0 saturated carbocycles. The maximum Gasteiger partial charge on any atom is 0.245 e. The van der Waals surface area contributed by atoms with Gasteiger partial charge in [0, 0.05) is 6.54 Å². The predicted octanol–water partition coefficient (Wildman–Crippen LogP) is 1.02. The minimum atomic E-state index is -0.381. The second-order valence-corrected chi connectivity index (χ2v) is 5.78. The van der Waals surface area contributed by atoms with Gasteiger partial charge in [0.2, 0.25) is 11.8 Å². The molecule has 0 aromatic heterocycles. The lowest BCUT2D eigenvalue weighted by Crippen LogP contribution is -2.58. The first-order valence-electron chi connectivity index (χ1n) is 5.80. The first-order valence-corrected chi connectivity index (χ1v) is 5.80. The average molecular weight is 226 g/mol. The van der Waals surface area contributed by atoms with E-state index in [1.807, 2.05) is 0 Å². The van der Waals surface area contributed by atoms with Crippen molar-refractivity contribution < 1.29 is 9.59 Å². The topological polar surface area (TPSA) is 49.4 Å². The number of rotatable bonds is 2. The molecule has 2 unspecified atom stereocenters. The molecule has 1 fully saturated rings. The van der Waals surface area contributed by atoms with Gasteiger partial charge >= 0.3 is 0 Å². The fourth-order valence-electron chi connectivity index (χ4n) is 1.63. The molecular weight excluding hydrogens is 204 g/mol. The lowest BCUT2D eigenvalue weighted by atomic mass is 9.81. The predicted molar refractivity (Wildman–Crippen MR) is 62.8 cm³/mol. The summed E-state index contributed by atoms with van der Waals surface area (Å²) in [4.78, 5) is 24.9. The minimum absolute atomic E-state index is 0.0238. The van der Waals surface area contributed by atoms with E-state index in [2.05, 4.69) is 33.0 Å². The van der Waals surface area contributed by atoms with Crippen LogP contribution in [0.4, 0.5) is 0 Å². The van der Waals surface area contributed by atoms with Crippen LogP contribution in [0.5, 0.6) is 0 Å². The summed E-state index contributed by atoms with van der Waals surface area (Å²) in [5.74, 6) is 0.332. The van der Waals surface area contributed by atoms with Gasteiger partial charge in [0.1, 0.15) is 6.04 Å². The minimum Gasteiger partial charge on any atom is -0.343 e. The van der Waals surface area contributed by atoms with Crippen LogP contribution in [0.3, 0.4) is 0 Å². The Kier molecular flexibility index (Phi) is 3.61. The summed E-state index contributed by atoms with van der Waals surface area (Å²) in [5, 5.41) is 2.64. The number of carbonyl (C=O) groups excluding carboxylic acids is 2. The van der Waals surface area contributed by atoms with E-state index in [-0.39, 0.29) is 29.8 Å². The largest absolute Gasteiger partial charge is 0.343 e. The fraction of sp³-hybridized carbons (Fsp3) is 0.833. The summed E-state index contributed by atoms with van der Waals surface area (Å²) in [6.07, 6.45) is 0. The van der Waals surface area contributed by atoms with Gasteiger partial charge < -0.3 is 10.2 Å². The molecule has 1 aliphatic heterocycles. The number of nitrogens with one attached hydrogen (secondary N) is 1. The van der Waals surface area contributed by atoms with Gasteiger partial charge in [-0.2, -0.15) is 0 Å². The number of piperazine rings is 1. The third-order valence-corrected chi connectivity index (χ3v) is 3.37. The van der Waals surface area contributed by atoms with E-state index in [0.717, 1.165) is 0 Å². The molecule has 0 aromatic carbocycles. The van der Waals surface area contributed by atoms with Crippen molar-refractivity contribution in [1.29, 1.82) is 0 Å². The molecule has 2 amide bonds. The molecule has 0 radical (unpaired) electrons. The molecule has 1 aliphatic rings. The van der Waals surface area contributed by atoms with Gasteiger partial charge in [0.05, 0.1) is 6.54 Å². The zero-order valence-electron chi connectivity index (χ0n) is 10.8. The summed E-state index contributed by atoms with van der Waals surface area (Å²) in [6, 6.07) is -0.381. The molecule has 4 nitrogen and oxygen atoms in total. The molecule has 0 spiro atoms. The highest BCUT2D eigenvalue weighted by molar-refractivity contribution is 5.94. The number of nitrogens with zero attached hydrogens (tertiary/aromatic N) is 1. The van der Waals surface area contributed by atoms with Crippen LogP contribution in [0.1, 0.15) is 34.6 Å². The Hall–Kier alpha value is -1.06. The zero-order chi connectivity index (χ0) is 12.5. The van der Waals surface area contributed by atoms with Crippen LogP contribution >= 0.6 is 0 Å².